The van der Waals surface area contributed by atoms with Crippen molar-refractivity contribution in [3.8, 4) is 5.69 Å². The molecule has 2 aliphatic rings. The number of hydrogen-bond acceptors (Lipinski definition) is 6. The number of thiazole rings is 1. The van der Waals surface area contributed by atoms with Crippen molar-refractivity contribution < 1.29 is 13.9 Å². The molecule has 0 N–H and O–H groups in total. The molecular formula is C11H8N2O5S. The number of oxazole rings is 1. The Kier molecular flexibility index (Phi) is 2.53. The van der Waals surface area contributed by atoms with E-state index in [-0.39, 0.29) is 23.8 Å². The zero-order chi connectivity index (χ0) is 13.6. The highest BCUT2D eigenvalue weighted by Gasteiger charge is 2.21. The first-order valence-electron chi connectivity index (χ1n) is 5.45. The summed E-state index contributed by atoms with van der Waals surface area (Å²) >= 11 is 0.588. The molecule has 7 nitrogen and oxygen atoms in total. The summed E-state index contributed by atoms with van der Waals surface area (Å²) in [7, 11) is 0. The standard InChI is InChI=1S/C11H8N2O5S/c1-2-17-9(14)6-5-12-3-4-13-7(8(12)18-6)10(15)19-11(13)16/h3-5H,2H2,1H3. The first-order valence-corrected chi connectivity index (χ1v) is 6.26. The Morgan fingerprint density at radius 3 is 2.95 bits per heavy atom. The minimum absolute atomic E-state index is 0.0204. The molecule has 0 saturated carbocycles. The third kappa shape index (κ3) is 1.68. The summed E-state index contributed by atoms with van der Waals surface area (Å²) in [6.07, 6.45) is 4.39. The van der Waals surface area contributed by atoms with Gasteiger partial charge in [-0.2, -0.15) is 0 Å². The Morgan fingerprint density at radius 2 is 2.21 bits per heavy atom. The number of aromatic nitrogens is 2. The predicted octanol–water partition coefficient (Wildman–Crippen LogP) is 0.719. The SMILES string of the molecule is CCOC(=O)c1cn2ccn3c(=O)sc(=O)c-3c2o1. The Bertz CT molecular complexity index is 852. The highest BCUT2D eigenvalue weighted by molar-refractivity contribution is 7.07. The molecule has 98 valence electrons. The van der Waals surface area contributed by atoms with Crippen LogP contribution in [0.3, 0.4) is 0 Å². The van der Waals surface area contributed by atoms with E-state index < -0.39 is 15.6 Å². The van der Waals surface area contributed by atoms with E-state index in [2.05, 4.69) is 0 Å². The maximum Gasteiger partial charge on any atom is 0.375 e. The van der Waals surface area contributed by atoms with E-state index in [0.717, 1.165) is 0 Å². The number of rotatable bonds is 2. The predicted molar refractivity (Wildman–Crippen MR) is 66.5 cm³/mol. The van der Waals surface area contributed by atoms with Crippen molar-refractivity contribution in [2.24, 2.45) is 0 Å². The third-order valence-electron chi connectivity index (χ3n) is 2.56. The smallest absolute Gasteiger partial charge is 0.375 e. The van der Waals surface area contributed by atoms with E-state index in [9.17, 15) is 14.4 Å². The number of carbonyl (C=O) groups is 1. The third-order valence-corrected chi connectivity index (χ3v) is 3.31. The molecule has 0 aliphatic carbocycles. The molecule has 0 saturated heterocycles. The highest BCUT2D eigenvalue weighted by atomic mass is 32.1. The Morgan fingerprint density at radius 1 is 1.42 bits per heavy atom. The van der Waals surface area contributed by atoms with Crippen LogP contribution < -0.4 is 9.62 Å². The van der Waals surface area contributed by atoms with Gasteiger partial charge in [0.25, 0.3) is 4.74 Å². The summed E-state index contributed by atoms with van der Waals surface area (Å²) < 4.78 is 12.4. The first kappa shape index (κ1) is 11.7. The van der Waals surface area contributed by atoms with Crippen molar-refractivity contribution >= 4 is 23.0 Å². The number of esters is 1. The summed E-state index contributed by atoms with van der Waals surface area (Å²) in [5, 5.41) is 0. The largest absolute Gasteiger partial charge is 0.460 e. The molecule has 0 radical (unpaired) electrons. The van der Waals surface area contributed by atoms with Gasteiger partial charge in [0.2, 0.25) is 11.5 Å². The van der Waals surface area contributed by atoms with Crippen molar-refractivity contribution in [3.63, 3.8) is 0 Å². The van der Waals surface area contributed by atoms with Crippen molar-refractivity contribution in [3.05, 3.63) is 43.6 Å². The van der Waals surface area contributed by atoms with Crippen LogP contribution in [0.5, 0.6) is 0 Å². The van der Waals surface area contributed by atoms with Gasteiger partial charge in [0.1, 0.15) is 0 Å². The van der Waals surface area contributed by atoms with E-state index in [0.29, 0.717) is 11.3 Å². The van der Waals surface area contributed by atoms with Crippen LogP contribution in [0.1, 0.15) is 17.5 Å². The zero-order valence-corrected chi connectivity index (χ0v) is 10.6. The topological polar surface area (TPSA) is 82.9 Å². The van der Waals surface area contributed by atoms with Gasteiger partial charge < -0.3 is 9.15 Å². The second-order valence-corrected chi connectivity index (χ2v) is 4.62. The lowest BCUT2D eigenvalue weighted by molar-refractivity contribution is 0.0492. The lowest BCUT2D eigenvalue weighted by Gasteiger charge is -2.00. The second kappa shape index (κ2) is 4.09. The van der Waals surface area contributed by atoms with Crippen LogP contribution in [0.15, 0.2) is 32.6 Å². The fraction of sp³-hybridized carbons (Fsp3) is 0.182. The van der Waals surface area contributed by atoms with Gasteiger partial charge in [-0.1, -0.05) is 0 Å². The maximum atomic E-state index is 11.7. The van der Waals surface area contributed by atoms with Gasteiger partial charge >= 0.3 is 10.8 Å². The van der Waals surface area contributed by atoms with Gasteiger partial charge in [0, 0.05) is 12.4 Å². The molecule has 19 heavy (non-hydrogen) atoms. The number of fused-ring (bicyclic) bond motifs is 3. The average molecular weight is 280 g/mol. The molecule has 3 heterocycles. The Hall–Kier alpha value is -2.35. The normalized spacial score (nSPS) is 11.2. The van der Waals surface area contributed by atoms with Crippen LogP contribution in [-0.2, 0) is 4.74 Å². The quantitative estimate of drug-likeness (QED) is 0.646. The number of hydrogen-bond donors (Lipinski definition) is 0. The molecule has 0 spiro atoms. The second-order valence-electron chi connectivity index (χ2n) is 3.70. The van der Waals surface area contributed by atoms with Crippen molar-refractivity contribution in [1.82, 2.24) is 8.97 Å². The molecule has 0 unspecified atom stereocenters. The molecule has 1 aromatic rings. The van der Waals surface area contributed by atoms with E-state index >= 15 is 0 Å². The molecule has 0 amide bonds. The van der Waals surface area contributed by atoms with Crippen LogP contribution in [0, 0.1) is 0 Å². The van der Waals surface area contributed by atoms with Crippen LogP contribution in [0.25, 0.3) is 11.4 Å². The van der Waals surface area contributed by atoms with E-state index in [4.69, 9.17) is 9.15 Å². The lowest BCUT2D eigenvalue weighted by Crippen LogP contribution is -2.12. The molecule has 0 atom stereocenters. The minimum Gasteiger partial charge on any atom is -0.460 e. The molecule has 2 aliphatic heterocycles. The number of carbonyl (C=O) groups excluding carboxylic acids is 1. The van der Waals surface area contributed by atoms with Gasteiger partial charge in [-0.25, -0.2) is 4.79 Å². The molecular weight excluding hydrogens is 272 g/mol. The highest BCUT2D eigenvalue weighted by Crippen LogP contribution is 2.17. The lowest BCUT2D eigenvalue weighted by atomic mass is 10.5. The molecule has 8 heteroatoms. The summed E-state index contributed by atoms with van der Waals surface area (Å²) in [5.74, 6) is -0.637. The van der Waals surface area contributed by atoms with Crippen molar-refractivity contribution in [1.29, 1.82) is 0 Å². The maximum absolute atomic E-state index is 11.7. The first-order chi connectivity index (χ1) is 9.11. The number of nitrogens with zero attached hydrogens (tertiary/aromatic N) is 2. The van der Waals surface area contributed by atoms with E-state index in [1.807, 2.05) is 0 Å². The van der Waals surface area contributed by atoms with E-state index in [1.54, 1.807) is 6.92 Å². The van der Waals surface area contributed by atoms with E-state index in [1.165, 1.54) is 27.6 Å². The van der Waals surface area contributed by atoms with Gasteiger partial charge in [-0.05, 0) is 18.3 Å². The molecule has 0 bridgehead atoms. The Balaban J connectivity index is 2.28. The van der Waals surface area contributed by atoms with Gasteiger partial charge in [-0.15, -0.1) is 0 Å². The van der Waals surface area contributed by atoms with Crippen LogP contribution in [0.4, 0.5) is 0 Å². The fourth-order valence-corrected chi connectivity index (χ4v) is 2.47. The van der Waals surface area contributed by atoms with Crippen LogP contribution in [-0.4, -0.2) is 21.5 Å². The summed E-state index contributed by atoms with van der Waals surface area (Å²) in [6, 6.07) is 0. The van der Waals surface area contributed by atoms with Crippen LogP contribution >= 0.6 is 11.3 Å². The average Bonchev–Trinajstić information content (AvgIpc) is 2.91. The van der Waals surface area contributed by atoms with Gasteiger partial charge in [-0.3, -0.25) is 18.6 Å². The Labute approximate surface area is 109 Å². The van der Waals surface area contributed by atoms with Gasteiger partial charge in [0.05, 0.1) is 12.8 Å². The van der Waals surface area contributed by atoms with Gasteiger partial charge in [0.15, 0.2) is 5.69 Å². The molecule has 0 aromatic carbocycles. The van der Waals surface area contributed by atoms with Crippen LogP contribution in [0.2, 0.25) is 0 Å². The molecule has 3 rings (SSSR count). The summed E-state index contributed by atoms with van der Waals surface area (Å²) in [6.45, 7) is 1.90. The monoisotopic (exact) mass is 280 g/mol. The summed E-state index contributed by atoms with van der Waals surface area (Å²) in [5.41, 5.74) is 0.266. The summed E-state index contributed by atoms with van der Waals surface area (Å²) in [4.78, 5) is 34.4. The van der Waals surface area contributed by atoms with Crippen molar-refractivity contribution in [2.75, 3.05) is 6.61 Å². The number of ether oxygens (including phenoxy) is 1. The van der Waals surface area contributed by atoms with Crippen molar-refractivity contribution in [2.45, 2.75) is 6.92 Å². The minimum atomic E-state index is -0.616. The fourth-order valence-electron chi connectivity index (χ4n) is 1.78. The zero-order valence-electron chi connectivity index (χ0n) is 9.78. The molecule has 1 aromatic heterocycles. The molecule has 0 fully saturated rings.